The first-order valence-electron chi connectivity index (χ1n) is 10.4. The number of rotatable bonds is 5. The summed E-state index contributed by atoms with van der Waals surface area (Å²) in [5.74, 6) is 0. The van der Waals surface area contributed by atoms with Crippen molar-refractivity contribution >= 4 is 17.5 Å². The van der Waals surface area contributed by atoms with E-state index in [4.69, 9.17) is 4.74 Å². The van der Waals surface area contributed by atoms with Crippen LogP contribution in [0.2, 0.25) is 0 Å². The minimum absolute atomic E-state index is 0.0513. The van der Waals surface area contributed by atoms with Crippen LogP contribution < -0.4 is 21.5 Å². The molecule has 1 aliphatic rings. The molecule has 0 atom stereocenters. The first-order chi connectivity index (χ1) is 16.1. The normalized spacial score (nSPS) is 13.8. The molecule has 1 fully saturated rings. The van der Waals surface area contributed by atoms with Gasteiger partial charge in [0.2, 0.25) is 0 Å². The van der Waals surface area contributed by atoms with Crippen molar-refractivity contribution in [3.63, 3.8) is 0 Å². The highest BCUT2D eigenvalue weighted by molar-refractivity contribution is 5.89. The van der Waals surface area contributed by atoms with Crippen LogP contribution in [0.15, 0.2) is 58.3 Å². The monoisotopic (exact) mass is 474 g/mol. The van der Waals surface area contributed by atoms with Crippen LogP contribution in [0.1, 0.15) is 16.7 Å². The number of benzene rings is 2. The zero-order valence-electron chi connectivity index (χ0n) is 18.3. The summed E-state index contributed by atoms with van der Waals surface area (Å²) in [4.78, 5) is 39.3. The Balaban J connectivity index is 1.77. The second kappa shape index (κ2) is 8.73. The van der Waals surface area contributed by atoms with E-state index in [0.717, 1.165) is 10.6 Å². The number of nitrogens with zero attached hydrogens (tertiary/aromatic N) is 3. The van der Waals surface area contributed by atoms with Gasteiger partial charge in [0.15, 0.2) is 0 Å². The zero-order chi connectivity index (χ0) is 24.6. The van der Waals surface area contributed by atoms with Gasteiger partial charge < -0.3 is 10.1 Å². The molecular formula is C23H21F3N4O4. The molecule has 1 aromatic heterocycles. The fourth-order valence-corrected chi connectivity index (χ4v) is 3.85. The summed E-state index contributed by atoms with van der Waals surface area (Å²) in [6.07, 6.45) is -3.69. The van der Waals surface area contributed by atoms with E-state index < -0.39 is 29.1 Å². The van der Waals surface area contributed by atoms with Gasteiger partial charge in [-0.2, -0.15) is 13.2 Å². The summed E-state index contributed by atoms with van der Waals surface area (Å²) in [5, 5.41) is 2.73. The summed E-state index contributed by atoms with van der Waals surface area (Å²) < 4.78 is 47.0. The SMILES string of the molecule is CNc1cn(-c2ccc(N3CCOC3=O)cc2)c(=O)n(Cc2cccc(C(F)(F)F)c2C)c1=O. The van der Waals surface area contributed by atoms with Gasteiger partial charge in [0.1, 0.15) is 12.3 Å². The number of anilines is 2. The van der Waals surface area contributed by atoms with Crippen LogP contribution in [0.25, 0.3) is 5.69 Å². The van der Waals surface area contributed by atoms with Gasteiger partial charge in [-0.3, -0.25) is 18.8 Å². The number of amides is 1. The maximum absolute atomic E-state index is 13.3. The van der Waals surface area contributed by atoms with Crippen LogP contribution in [0.4, 0.5) is 29.3 Å². The Kier molecular flexibility index (Phi) is 5.94. The molecule has 1 N–H and O–H groups in total. The molecule has 34 heavy (non-hydrogen) atoms. The van der Waals surface area contributed by atoms with E-state index in [2.05, 4.69) is 5.32 Å². The van der Waals surface area contributed by atoms with Crippen LogP contribution in [-0.2, 0) is 17.5 Å². The Morgan fingerprint density at radius 2 is 1.71 bits per heavy atom. The third-order valence-corrected chi connectivity index (χ3v) is 5.72. The summed E-state index contributed by atoms with van der Waals surface area (Å²) in [6, 6.07) is 10.1. The van der Waals surface area contributed by atoms with Crippen molar-refractivity contribution in [1.29, 1.82) is 0 Å². The number of ether oxygens (including phenoxy) is 1. The Morgan fingerprint density at radius 1 is 1.03 bits per heavy atom. The predicted molar refractivity (Wildman–Crippen MR) is 120 cm³/mol. The zero-order valence-corrected chi connectivity index (χ0v) is 18.3. The molecule has 0 aliphatic carbocycles. The molecule has 1 aliphatic heterocycles. The molecule has 1 saturated heterocycles. The van der Waals surface area contributed by atoms with Gasteiger partial charge in [0.25, 0.3) is 5.56 Å². The van der Waals surface area contributed by atoms with Gasteiger partial charge in [-0.15, -0.1) is 0 Å². The van der Waals surface area contributed by atoms with Gasteiger partial charge >= 0.3 is 18.0 Å². The molecule has 3 aromatic rings. The molecule has 11 heteroatoms. The molecule has 1 amide bonds. The van der Waals surface area contributed by atoms with Crippen LogP contribution in [-0.4, -0.2) is 35.4 Å². The van der Waals surface area contributed by atoms with Crippen LogP contribution in [0, 0.1) is 6.92 Å². The van der Waals surface area contributed by atoms with Crippen molar-refractivity contribution in [2.45, 2.75) is 19.6 Å². The van der Waals surface area contributed by atoms with E-state index in [0.29, 0.717) is 17.9 Å². The van der Waals surface area contributed by atoms with Crippen LogP contribution >= 0.6 is 0 Å². The molecule has 0 saturated carbocycles. The van der Waals surface area contributed by atoms with Crippen molar-refractivity contribution in [1.82, 2.24) is 9.13 Å². The maximum Gasteiger partial charge on any atom is 0.416 e. The lowest BCUT2D eigenvalue weighted by molar-refractivity contribution is -0.138. The Hall–Kier alpha value is -4.02. The van der Waals surface area contributed by atoms with E-state index in [1.54, 1.807) is 24.3 Å². The average Bonchev–Trinajstić information content (AvgIpc) is 3.23. The number of alkyl halides is 3. The van der Waals surface area contributed by atoms with Crippen molar-refractivity contribution in [3.8, 4) is 5.69 Å². The highest BCUT2D eigenvalue weighted by atomic mass is 19.4. The fourth-order valence-electron chi connectivity index (χ4n) is 3.85. The van der Waals surface area contributed by atoms with Crippen LogP contribution in [0.5, 0.6) is 0 Å². The fraction of sp³-hybridized carbons (Fsp3) is 0.261. The lowest BCUT2D eigenvalue weighted by atomic mass is 10.0. The van der Waals surface area contributed by atoms with Crippen LogP contribution in [0.3, 0.4) is 0 Å². The quantitative estimate of drug-likeness (QED) is 0.613. The largest absolute Gasteiger partial charge is 0.447 e. The lowest BCUT2D eigenvalue weighted by Gasteiger charge is -2.17. The number of carbonyl (C=O) groups excluding carboxylic acids is 1. The topological polar surface area (TPSA) is 85.6 Å². The number of hydrogen-bond donors (Lipinski definition) is 1. The molecule has 0 bridgehead atoms. The van der Waals surface area contributed by atoms with E-state index in [1.807, 2.05) is 0 Å². The van der Waals surface area contributed by atoms with E-state index in [1.165, 1.54) is 41.8 Å². The molecule has 178 valence electrons. The number of halogens is 3. The summed E-state index contributed by atoms with van der Waals surface area (Å²) in [6.45, 7) is 1.67. The summed E-state index contributed by atoms with van der Waals surface area (Å²) in [5.41, 5.74) is -0.948. The van der Waals surface area contributed by atoms with E-state index in [9.17, 15) is 27.6 Å². The third-order valence-electron chi connectivity index (χ3n) is 5.72. The molecule has 2 heterocycles. The van der Waals surface area contributed by atoms with Gasteiger partial charge in [-0.05, 0) is 48.4 Å². The smallest absolute Gasteiger partial charge is 0.416 e. The number of aromatic nitrogens is 2. The molecule has 4 rings (SSSR count). The first-order valence-corrected chi connectivity index (χ1v) is 10.4. The summed E-state index contributed by atoms with van der Waals surface area (Å²) in [7, 11) is 1.51. The molecular weight excluding hydrogens is 453 g/mol. The second-order valence-corrected chi connectivity index (χ2v) is 7.71. The van der Waals surface area contributed by atoms with Gasteiger partial charge in [0.05, 0.1) is 24.3 Å². The number of carbonyl (C=O) groups is 1. The summed E-state index contributed by atoms with van der Waals surface area (Å²) >= 11 is 0. The number of cyclic esters (lactones) is 1. The highest BCUT2D eigenvalue weighted by Gasteiger charge is 2.33. The Labute approximate surface area is 191 Å². The molecule has 2 aromatic carbocycles. The van der Waals surface area contributed by atoms with E-state index in [-0.39, 0.29) is 30.0 Å². The third kappa shape index (κ3) is 4.16. The van der Waals surface area contributed by atoms with Crippen molar-refractivity contribution < 1.29 is 22.7 Å². The Morgan fingerprint density at radius 3 is 2.29 bits per heavy atom. The number of hydrogen-bond acceptors (Lipinski definition) is 5. The lowest BCUT2D eigenvalue weighted by Crippen LogP contribution is -2.40. The van der Waals surface area contributed by atoms with Gasteiger partial charge in [-0.25, -0.2) is 9.59 Å². The van der Waals surface area contributed by atoms with Crippen molar-refractivity contribution in [2.24, 2.45) is 0 Å². The first kappa shape index (κ1) is 23.1. The molecule has 8 nitrogen and oxygen atoms in total. The second-order valence-electron chi connectivity index (χ2n) is 7.71. The predicted octanol–water partition coefficient (Wildman–Crippen LogP) is 3.37. The number of nitrogens with one attached hydrogen (secondary N) is 1. The van der Waals surface area contributed by atoms with Crippen molar-refractivity contribution in [3.05, 3.63) is 86.2 Å². The van der Waals surface area contributed by atoms with Crippen molar-refractivity contribution in [2.75, 3.05) is 30.4 Å². The maximum atomic E-state index is 13.3. The van der Waals surface area contributed by atoms with Gasteiger partial charge in [-0.1, -0.05) is 12.1 Å². The minimum atomic E-state index is -4.55. The highest BCUT2D eigenvalue weighted by Crippen LogP contribution is 2.33. The standard InChI is InChI=1S/C23H21F3N4O4/c1-14-15(4-3-5-18(14)23(24,25)26)12-30-20(31)19(27-2)13-29(21(30)32)17-8-6-16(7-9-17)28-10-11-34-22(28)33/h3-9,13,27H,10-12H2,1-2H3. The molecule has 0 radical (unpaired) electrons. The average molecular weight is 474 g/mol. The van der Waals surface area contributed by atoms with E-state index >= 15 is 0 Å². The Bertz CT molecular complexity index is 1360. The minimum Gasteiger partial charge on any atom is -0.447 e. The molecule has 0 unspecified atom stereocenters. The molecule has 0 spiro atoms. The van der Waals surface area contributed by atoms with Gasteiger partial charge in [0, 0.05) is 18.9 Å².